The topological polar surface area (TPSA) is 43.0 Å². The van der Waals surface area contributed by atoms with E-state index in [4.69, 9.17) is 4.42 Å². The van der Waals surface area contributed by atoms with E-state index >= 15 is 0 Å². The van der Waals surface area contributed by atoms with E-state index in [0.717, 1.165) is 30.6 Å². The number of furan rings is 1. The minimum absolute atomic E-state index is 0.166. The summed E-state index contributed by atoms with van der Waals surface area (Å²) in [4.78, 5) is 0. The summed E-state index contributed by atoms with van der Waals surface area (Å²) in [6.45, 7) is 5.33. The molecule has 1 unspecified atom stereocenters. The van der Waals surface area contributed by atoms with Gasteiger partial charge < -0.3 is 9.73 Å². The van der Waals surface area contributed by atoms with Gasteiger partial charge >= 0.3 is 0 Å². The first-order valence-corrected chi connectivity index (χ1v) is 8.59. The van der Waals surface area contributed by atoms with Gasteiger partial charge in [-0.2, -0.15) is 5.10 Å². The highest BCUT2D eigenvalue weighted by molar-refractivity contribution is 5.38. The van der Waals surface area contributed by atoms with E-state index < -0.39 is 0 Å². The molecule has 25 heavy (non-hydrogen) atoms. The van der Waals surface area contributed by atoms with E-state index in [2.05, 4.69) is 24.3 Å². The van der Waals surface area contributed by atoms with Gasteiger partial charge in [0, 0.05) is 29.4 Å². The Kier molecular flexibility index (Phi) is 3.96. The molecule has 1 aliphatic carbocycles. The Bertz CT molecular complexity index is 850. The van der Waals surface area contributed by atoms with E-state index in [1.54, 1.807) is 24.7 Å². The monoisotopic (exact) mass is 339 g/mol. The van der Waals surface area contributed by atoms with Crippen molar-refractivity contribution in [3.63, 3.8) is 0 Å². The molecule has 3 aromatic rings. The van der Waals surface area contributed by atoms with Gasteiger partial charge in [-0.05, 0) is 48.6 Å². The lowest BCUT2D eigenvalue weighted by molar-refractivity contribution is 0.252. The first-order valence-electron chi connectivity index (χ1n) is 8.59. The number of nitrogens with one attached hydrogen (secondary N) is 1. The fourth-order valence-corrected chi connectivity index (χ4v) is 3.66. The molecule has 0 aliphatic heterocycles. The number of aromatic nitrogens is 2. The van der Waals surface area contributed by atoms with Crippen molar-refractivity contribution in [3.8, 4) is 5.69 Å². The molecule has 1 aliphatic rings. The van der Waals surface area contributed by atoms with E-state index in [1.807, 2.05) is 16.9 Å². The molecule has 4 nitrogen and oxygen atoms in total. The molecule has 0 amide bonds. The molecule has 130 valence electrons. The highest BCUT2D eigenvalue weighted by Gasteiger charge is 2.35. The summed E-state index contributed by atoms with van der Waals surface area (Å²) in [5.74, 6) is -0.232. The van der Waals surface area contributed by atoms with Gasteiger partial charge in [0.25, 0.3) is 0 Å². The summed E-state index contributed by atoms with van der Waals surface area (Å²) < 4.78 is 20.3. The average molecular weight is 339 g/mol. The third kappa shape index (κ3) is 3.24. The molecule has 4 rings (SSSR count). The number of halogens is 1. The van der Waals surface area contributed by atoms with Crippen LogP contribution in [0.2, 0.25) is 0 Å². The molecule has 2 heterocycles. The molecule has 1 N–H and O–H groups in total. The average Bonchev–Trinajstić information content (AvgIpc) is 3.22. The summed E-state index contributed by atoms with van der Waals surface area (Å²) in [5.41, 5.74) is 4.63. The van der Waals surface area contributed by atoms with E-state index in [-0.39, 0.29) is 17.3 Å². The molecule has 0 spiro atoms. The van der Waals surface area contributed by atoms with Crippen molar-refractivity contribution in [2.75, 3.05) is 0 Å². The zero-order valence-electron chi connectivity index (χ0n) is 14.5. The minimum Gasteiger partial charge on any atom is -0.472 e. The van der Waals surface area contributed by atoms with Crippen molar-refractivity contribution < 1.29 is 8.81 Å². The molecule has 0 fully saturated rings. The van der Waals surface area contributed by atoms with Crippen molar-refractivity contribution in [3.05, 3.63) is 71.7 Å². The number of hydrogen-bond acceptors (Lipinski definition) is 3. The van der Waals surface area contributed by atoms with Crippen LogP contribution in [0.4, 0.5) is 4.39 Å². The van der Waals surface area contributed by atoms with Crippen LogP contribution in [-0.2, 0) is 13.0 Å². The molecule has 5 heteroatoms. The quantitative estimate of drug-likeness (QED) is 0.766. The maximum atomic E-state index is 13.2. The number of rotatable bonds is 4. The highest BCUT2D eigenvalue weighted by atomic mass is 19.1. The van der Waals surface area contributed by atoms with Gasteiger partial charge in [-0.1, -0.05) is 13.8 Å². The van der Waals surface area contributed by atoms with Gasteiger partial charge in [0.15, 0.2) is 0 Å². The predicted octanol–water partition coefficient (Wildman–Crippen LogP) is 4.41. The Morgan fingerprint density at radius 1 is 1.28 bits per heavy atom. The Labute approximate surface area is 146 Å². The molecular weight excluding hydrogens is 317 g/mol. The molecule has 1 aromatic carbocycles. The zero-order valence-corrected chi connectivity index (χ0v) is 14.5. The molecule has 0 radical (unpaired) electrons. The smallest absolute Gasteiger partial charge is 0.123 e. The lowest BCUT2D eigenvalue weighted by Crippen LogP contribution is -2.33. The number of nitrogens with zero attached hydrogens (tertiary/aromatic N) is 2. The van der Waals surface area contributed by atoms with Gasteiger partial charge in [-0.15, -0.1) is 0 Å². The lowest BCUT2D eigenvalue weighted by atomic mass is 9.74. The SMILES string of the molecule is CC1(C)Cc2c(cnn2-c2ccc(F)cc2)C(NCc2ccoc2)C1. The van der Waals surface area contributed by atoms with Gasteiger partial charge in [0.2, 0.25) is 0 Å². The largest absolute Gasteiger partial charge is 0.472 e. The number of benzene rings is 1. The minimum atomic E-state index is -0.232. The summed E-state index contributed by atoms with van der Waals surface area (Å²) in [6, 6.07) is 8.72. The Balaban J connectivity index is 1.65. The summed E-state index contributed by atoms with van der Waals surface area (Å²) in [5, 5.41) is 8.23. The second-order valence-electron chi connectivity index (χ2n) is 7.55. The summed E-state index contributed by atoms with van der Waals surface area (Å²) >= 11 is 0. The maximum Gasteiger partial charge on any atom is 0.123 e. The molecule has 0 saturated carbocycles. The highest BCUT2D eigenvalue weighted by Crippen LogP contribution is 2.41. The lowest BCUT2D eigenvalue weighted by Gasteiger charge is -2.36. The van der Waals surface area contributed by atoms with Gasteiger partial charge in [0.1, 0.15) is 5.82 Å². The normalized spacial score (nSPS) is 18.9. The van der Waals surface area contributed by atoms with Crippen LogP contribution in [0.25, 0.3) is 5.69 Å². The first kappa shape index (κ1) is 16.1. The summed E-state index contributed by atoms with van der Waals surface area (Å²) in [7, 11) is 0. The second kappa shape index (κ2) is 6.15. The van der Waals surface area contributed by atoms with Crippen molar-refractivity contribution >= 4 is 0 Å². The van der Waals surface area contributed by atoms with Crippen LogP contribution in [0.15, 0.2) is 53.5 Å². The van der Waals surface area contributed by atoms with Crippen LogP contribution in [0, 0.1) is 11.2 Å². The Hall–Kier alpha value is -2.40. The van der Waals surface area contributed by atoms with Gasteiger partial charge in [0.05, 0.1) is 24.4 Å². The van der Waals surface area contributed by atoms with Gasteiger partial charge in [-0.25, -0.2) is 9.07 Å². The van der Waals surface area contributed by atoms with Crippen LogP contribution in [0.5, 0.6) is 0 Å². The van der Waals surface area contributed by atoms with Crippen LogP contribution >= 0.6 is 0 Å². The van der Waals surface area contributed by atoms with E-state index in [1.165, 1.54) is 23.4 Å². The molecule has 1 atom stereocenters. The summed E-state index contributed by atoms with van der Waals surface area (Å²) in [6.07, 6.45) is 7.40. The number of fused-ring (bicyclic) bond motifs is 1. The fourth-order valence-electron chi connectivity index (χ4n) is 3.66. The van der Waals surface area contributed by atoms with Crippen molar-refractivity contribution in [1.29, 1.82) is 0 Å². The molecule has 2 aromatic heterocycles. The molecule has 0 saturated heterocycles. The fraction of sp³-hybridized carbons (Fsp3) is 0.350. The van der Waals surface area contributed by atoms with E-state index in [0.29, 0.717) is 0 Å². The third-order valence-corrected chi connectivity index (χ3v) is 4.88. The van der Waals surface area contributed by atoms with Crippen molar-refractivity contribution in [2.45, 2.75) is 39.3 Å². The van der Waals surface area contributed by atoms with Gasteiger partial charge in [-0.3, -0.25) is 0 Å². The molecule has 0 bridgehead atoms. The Morgan fingerprint density at radius 2 is 2.08 bits per heavy atom. The standard InChI is InChI=1S/C20H22FN3O/c1-20(2)9-18(22-11-14-7-8-25-13-14)17-12-23-24(19(17)10-20)16-5-3-15(21)4-6-16/h3-8,12-13,18,22H,9-11H2,1-2H3. The Morgan fingerprint density at radius 3 is 2.80 bits per heavy atom. The van der Waals surface area contributed by atoms with Crippen molar-refractivity contribution in [1.82, 2.24) is 15.1 Å². The van der Waals surface area contributed by atoms with Crippen LogP contribution in [0.3, 0.4) is 0 Å². The van der Waals surface area contributed by atoms with Crippen LogP contribution in [0.1, 0.15) is 43.1 Å². The van der Waals surface area contributed by atoms with E-state index in [9.17, 15) is 4.39 Å². The maximum absolute atomic E-state index is 13.2. The van der Waals surface area contributed by atoms with Crippen LogP contribution < -0.4 is 5.32 Å². The predicted molar refractivity (Wildman–Crippen MR) is 93.9 cm³/mol. The third-order valence-electron chi connectivity index (χ3n) is 4.88. The van der Waals surface area contributed by atoms with Crippen molar-refractivity contribution in [2.24, 2.45) is 5.41 Å². The zero-order chi connectivity index (χ0) is 17.4. The first-order chi connectivity index (χ1) is 12.0. The second-order valence-corrected chi connectivity index (χ2v) is 7.55. The molecular formula is C20H22FN3O. The number of hydrogen-bond donors (Lipinski definition) is 1. The van der Waals surface area contributed by atoms with Crippen LogP contribution in [-0.4, -0.2) is 9.78 Å².